The number of halogens is 1. The predicted molar refractivity (Wildman–Crippen MR) is 54.8 cm³/mol. The molecular formula is C8H11ClN2OS. The molecule has 1 aromatic heterocycles. The number of hydrogen-bond acceptors (Lipinski definition) is 3. The number of thiophene rings is 1. The van der Waals surface area contributed by atoms with Gasteiger partial charge in [0.05, 0.1) is 5.02 Å². The summed E-state index contributed by atoms with van der Waals surface area (Å²) in [4.78, 5) is 11.5. The fourth-order valence-electron chi connectivity index (χ4n) is 0.870. The summed E-state index contributed by atoms with van der Waals surface area (Å²) in [6.45, 7) is 1.36. The van der Waals surface area contributed by atoms with Gasteiger partial charge in [0.1, 0.15) is 0 Å². The third-order valence-corrected chi connectivity index (χ3v) is 2.75. The van der Waals surface area contributed by atoms with Gasteiger partial charge in [-0.2, -0.15) is 0 Å². The van der Waals surface area contributed by atoms with E-state index >= 15 is 0 Å². The van der Waals surface area contributed by atoms with Crippen LogP contribution in [0.4, 0.5) is 0 Å². The van der Waals surface area contributed by atoms with Crippen molar-refractivity contribution in [3.63, 3.8) is 0 Å². The van der Waals surface area contributed by atoms with Crippen molar-refractivity contribution in [3.05, 3.63) is 21.3 Å². The smallest absolute Gasteiger partial charge is 0.218 e. The first-order valence-electron chi connectivity index (χ1n) is 3.90. The van der Waals surface area contributed by atoms with Crippen LogP contribution in [0.15, 0.2) is 11.4 Å². The standard InChI is InChI=1S/C8H11ClN2OS/c9-6-3-7(13-5-6)4-11-2-1-8(10)12/h3,5,11H,1-2,4H2,(H2,10,12). The van der Waals surface area contributed by atoms with Crippen molar-refractivity contribution in [2.24, 2.45) is 5.73 Å². The normalized spacial score (nSPS) is 10.2. The average molecular weight is 219 g/mol. The molecule has 0 radical (unpaired) electrons. The molecule has 0 bridgehead atoms. The largest absolute Gasteiger partial charge is 0.370 e. The monoisotopic (exact) mass is 218 g/mol. The second kappa shape index (κ2) is 5.21. The van der Waals surface area contributed by atoms with E-state index in [1.165, 1.54) is 0 Å². The van der Waals surface area contributed by atoms with Gasteiger partial charge in [-0.1, -0.05) is 11.6 Å². The summed E-state index contributed by atoms with van der Waals surface area (Å²) < 4.78 is 0. The fraction of sp³-hybridized carbons (Fsp3) is 0.375. The molecule has 0 saturated heterocycles. The molecule has 0 fully saturated rings. The number of carbonyl (C=O) groups is 1. The quantitative estimate of drug-likeness (QED) is 0.734. The van der Waals surface area contributed by atoms with E-state index in [1.54, 1.807) is 11.3 Å². The van der Waals surface area contributed by atoms with E-state index < -0.39 is 0 Å². The van der Waals surface area contributed by atoms with E-state index in [9.17, 15) is 4.79 Å². The number of rotatable bonds is 5. The van der Waals surface area contributed by atoms with E-state index in [1.807, 2.05) is 11.4 Å². The second-order valence-electron chi connectivity index (χ2n) is 2.62. The van der Waals surface area contributed by atoms with Crippen molar-refractivity contribution in [3.8, 4) is 0 Å². The molecule has 0 aliphatic carbocycles. The number of nitrogens with one attached hydrogen (secondary N) is 1. The van der Waals surface area contributed by atoms with Gasteiger partial charge in [-0.15, -0.1) is 11.3 Å². The molecule has 0 saturated carbocycles. The van der Waals surface area contributed by atoms with E-state index in [2.05, 4.69) is 5.32 Å². The van der Waals surface area contributed by atoms with Crippen LogP contribution < -0.4 is 11.1 Å². The first-order valence-corrected chi connectivity index (χ1v) is 5.16. The summed E-state index contributed by atoms with van der Waals surface area (Å²) in [6, 6.07) is 1.91. The molecule has 0 aliphatic rings. The second-order valence-corrected chi connectivity index (χ2v) is 4.06. The Bertz CT molecular complexity index is 287. The van der Waals surface area contributed by atoms with Crippen LogP contribution in [0.1, 0.15) is 11.3 Å². The van der Waals surface area contributed by atoms with Gasteiger partial charge in [-0.25, -0.2) is 0 Å². The lowest BCUT2D eigenvalue weighted by Crippen LogP contribution is -2.21. The molecule has 3 N–H and O–H groups in total. The molecule has 1 amide bonds. The number of amides is 1. The molecule has 0 unspecified atom stereocenters. The van der Waals surface area contributed by atoms with Crippen LogP contribution in [0, 0.1) is 0 Å². The highest BCUT2D eigenvalue weighted by Gasteiger charge is 1.97. The molecule has 72 valence electrons. The van der Waals surface area contributed by atoms with Crippen LogP contribution in [-0.2, 0) is 11.3 Å². The first kappa shape index (κ1) is 10.5. The van der Waals surface area contributed by atoms with Gasteiger partial charge in [0, 0.05) is 29.8 Å². The van der Waals surface area contributed by atoms with Crippen LogP contribution in [0.2, 0.25) is 5.02 Å². The number of primary amides is 1. The zero-order valence-electron chi connectivity index (χ0n) is 7.05. The minimum absolute atomic E-state index is 0.281. The number of nitrogens with two attached hydrogens (primary N) is 1. The van der Waals surface area contributed by atoms with Crippen LogP contribution in [-0.4, -0.2) is 12.5 Å². The highest BCUT2D eigenvalue weighted by molar-refractivity contribution is 7.10. The maximum atomic E-state index is 10.4. The Balaban J connectivity index is 2.16. The van der Waals surface area contributed by atoms with Gasteiger partial charge in [-0.05, 0) is 6.07 Å². The van der Waals surface area contributed by atoms with Crippen molar-refractivity contribution in [1.29, 1.82) is 0 Å². The first-order chi connectivity index (χ1) is 6.18. The SMILES string of the molecule is NC(=O)CCNCc1cc(Cl)cs1. The van der Waals surface area contributed by atoms with E-state index in [-0.39, 0.29) is 5.91 Å². The highest BCUT2D eigenvalue weighted by atomic mass is 35.5. The van der Waals surface area contributed by atoms with Crippen LogP contribution >= 0.6 is 22.9 Å². The summed E-state index contributed by atoms with van der Waals surface area (Å²) in [7, 11) is 0. The molecule has 0 atom stereocenters. The van der Waals surface area contributed by atoms with Crippen LogP contribution in [0.25, 0.3) is 0 Å². The Labute approximate surface area is 85.9 Å². The van der Waals surface area contributed by atoms with E-state index in [0.717, 1.165) is 16.4 Å². The summed E-state index contributed by atoms with van der Waals surface area (Å²) in [5, 5.41) is 5.74. The average Bonchev–Trinajstić information content (AvgIpc) is 2.45. The van der Waals surface area contributed by atoms with Gasteiger partial charge in [0.25, 0.3) is 0 Å². The fourth-order valence-corrected chi connectivity index (χ4v) is 1.91. The molecule has 5 heteroatoms. The predicted octanol–water partition coefficient (Wildman–Crippen LogP) is 1.37. The third-order valence-electron chi connectivity index (χ3n) is 1.47. The lowest BCUT2D eigenvalue weighted by molar-refractivity contribution is -0.117. The molecule has 1 aromatic rings. The number of carbonyl (C=O) groups excluding carboxylic acids is 1. The van der Waals surface area contributed by atoms with Gasteiger partial charge < -0.3 is 11.1 Å². The van der Waals surface area contributed by atoms with Crippen LogP contribution in [0.5, 0.6) is 0 Å². The lowest BCUT2D eigenvalue weighted by Gasteiger charge is -1.99. The Morgan fingerprint density at radius 1 is 1.69 bits per heavy atom. The van der Waals surface area contributed by atoms with Gasteiger partial charge in [-0.3, -0.25) is 4.79 Å². The maximum Gasteiger partial charge on any atom is 0.218 e. The van der Waals surface area contributed by atoms with Crippen molar-refractivity contribution < 1.29 is 4.79 Å². The Kier molecular flexibility index (Phi) is 4.21. The van der Waals surface area contributed by atoms with Crippen molar-refractivity contribution >= 4 is 28.8 Å². The Morgan fingerprint density at radius 3 is 3.00 bits per heavy atom. The summed E-state index contributed by atoms with van der Waals surface area (Å²) >= 11 is 7.33. The molecule has 13 heavy (non-hydrogen) atoms. The Hall–Kier alpha value is -0.580. The van der Waals surface area contributed by atoms with Crippen molar-refractivity contribution in [1.82, 2.24) is 5.32 Å². The third kappa shape index (κ3) is 4.26. The van der Waals surface area contributed by atoms with Crippen molar-refractivity contribution in [2.45, 2.75) is 13.0 Å². The molecule has 0 spiro atoms. The topological polar surface area (TPSA) is 55.1 Å². The molecule has 1 heterocycles. The Morgan fingerprint density at radius 2 is 2.46 bits per heavy atom. The zero-order chi connectivity index (χ0) is 9.68. The maximum absolute atomic E-state index is 10.4. The summed E-state index contributed by atoms with van der Waals surface area (Å²) in [5.74, 6) is -0.281. The van der Waals surface area contributed by atoms with Crippen LogP contribution in [0.3, 0.4) is 0 Å². The zero-order valence-corrected chi connectivity index (χ0v) is 8.62. The molecule has 0 aliphatic heterocycles. The highest BCUT2D eigenvalue weighted by Crippen LogP contribution is 2.18. The molecule has 0 aromatic carbocycles. The molecule has 3 nitrogen and oxygen atoms in total. The van der Waals surface area contributed by atoms with E-state index in [4.69, 9.17) is 17.3 Å². The van der Waals surface area contributed by atoms with Gasteiger partial charge in [0.15, 0.2) is 0 Å². The summed E-state index contributed by atoms with van der Waals surface area (Å²) in [5.41, 5.74) is 4.98. The van der Waals surface area contributed by atoms with Gasteiger partial charge in [0.2, 0.25) is 5.91 Å². The van der Waals surface area contributed by atoms with E-state index in [0.29, 0.717) is 13.0 Å². The minimum Gasteiger partial charge on any atom is -0.370 e. The number of hydrogen-bond donors (Lipinski definition) is 2. The van der Waals surface area contributed by atoms with Gasteiger partial charge >= 0.3 is 0 Å². The molecular weight excluding hydrogens is 208 g/mol. The molecule has 1 rings (SSSR count). The minimum atomic E-state index is -0.281. The summed E-state index contributed by atoms with van der Waals surface area (Å²) in [6.07, 6.45) is 0.374. The lowest BCUT2D eigenvalue weighted by atomic mass is 10.4. The van der Waals surface area contributed by atoms with Crippen molar-refractivity contribution in [2.75, 3.05) is 6.54 Å².